The summed E-state index contributed by atoms with van der Waals surface area (Å²) in [6, 6.07) is 8.03. The van der Waals surface area contributed by atoms with Crippen LogP contribution in [-0.4, -0.2) is 36.3 Å². The summed E-state index contributed by atoms with van der Waals surface area (Å²) in [7, 11) is 1.63. The highest BCUT2D eigenvalue weighted by atomic mass is 16.5. The van der Waals surface area contributed by atoms with Crippen molar-refractivity contribution in [2.75, 3.05) is 30.9 Å². The molecule has 1 atom stereocenters. The van der Waals surface area contributed by atoms with E-state index in [4.69, 9.17) is 10.5 Å². The summed E-state index contributed by atoms with van der Waals surface area (Å²) >= 11 is 0. The minimum atomic E-state index is -0.0929. The van der Waals surface area contributed by atoms with Crippen LogP contribution in [0.2, 0.25) is 0 Å². The highest BCUT2D eigenvalue weighted by Crippen LogP contribution is 2.18. The number of nitrogens with zero attached hydrogens (tertiary/aromatic N) is 2. The lowest BCUT2D eigenvalue weighted by Crippen LogP contribution is -2.33. The predicted molar refractivity (Wildman–Crippen MR) is 89.6 cm³/mol. The summed E-state index contributed by atoms with van der Waals surface area (Å²) in [5, 5.41) is 6.40. The Morgan fingerprint density at radius 1 is 1.23 bits per heavy atom. The number of benzene rings is 1. The summed E-state index contributed by atoms with van der Waals surface area (Å²) < 4.78 is 5.00. The Kier molecular flexibility index (Phi) is 5.68. The monoisotopic (exact) mass is 301 g/mol. The molecule has 6 heteroatoms. The number of methoxy groups -OCH3 is 1. The van der Waals surface area contributed by atoms with Crippen LogP contribution in [0, 0.1) is 13.8 Å². The van der Waals surface area contributed by atoms with Crippen LogP contribution in [0.25, 0.3) is 0 Å². The molecule has 0 fully saturated rings. The van der Waals surface area contributed by atoms with E-state index >= 15 is 0 Å². The van der Waals surface area contributed by atoms with E-state index in [9.17, 15) is 0 Å². The first-order chi connectivity index (χ1) is 10.6. The van der Waals surface area contributed by atoms with Crippen molar-refractivity contribution < 1.29 is 4.74 Å². The molecule has 0 aliphatic heterocycles. The predicted octanol–water partition coefficient (Wildman–Crippen LogP) is 2.22. The van der Waals surface area contributed by atoms with E-state index in [0.29, 0.717) is 19.1 Å². The van der Waals surface area contributed by atoms with Crippen molar-refractivity contribution in [1.29, 1.82) is 0 Å². The first kappa shape index (κ1) is 16.2. The van der Waals surface area contributed by atoms with Crippen LogP contribution in [0.1, 0.15) is 11.1 Å². The number of anilines is 3. The summed E-state index contributed by atoms with van der Waals surface area (Å²) in [6.07, 6.45) is 1.71. The molecule has 0 aliphatic carbocycles. The Morgan fingerprint density at radius 3 is 2.64 bits per heavy atom. The molecule has 118 valence electrons. The van der Waals surface area contributed by atoms with Gasteiger partial charge in [-0.05, 0) is 43.2 Å². The van der Waals surface area contributed by atoms with Crippen molar-refractivity contribution in [1.82, 2.24) is 9.97 Å². The Bertz CT molecular complexity index is 597. The summed E-state index contributed by atoms with van der Waals surface area (Å²) in [4.78, 5) is 8.62. The SMILES string of the molecule is COC[C@H](N)CNc1nccc(Nc2cc(C)cc(C)c2)n1. The smallest absolute Gasteiger partial charge is 0.224 e. The van der Waals surface area contributed by atoms with E-state index in [1.165, 1.54) is 11.1 Å². The van der Waals surface area contributed by atoms with Gasteiger partial charge in [0.1, 0.15) is 5.82 Å². The molecule has 2 rings (SSSR count). The molecule has 0 bridgehead atoms. The average molecular weight is 301 g/mol. The van der Waals surface area contributed by atoms with Gasteiger partial charge in [0.2, 0.25) is 5.95 Å². The van der Waals surface area contributed by atoms with Crippen LogP contribution < -0.4 is 16.4 Å². The van der Waals surface area contributed by atoms with Crippen molar-refractivity contribution >= 4 is 17.5 Å². The lowest BCUT2D eigenvalue weighted by atomic mass is 10.1. The molecule has 0 aliphatic rings. The van der Waals surface area contributed by atoms with Gasteiger partial charge < -0.3 is 21.1 Å². The fraction of sp³-hybridized carbons (Fsp3) is 0.375. The maximum Gasteiger partial charge on any atom is 0.224 e. The lowest BCUT2D eigenvalue weighted by Gasteiger charge is -2.12. The number of nitrogens with two attached hydrogens (primary N) is 1. The van der Waals surface area contributed by atoms with Gasteiger partial charge in [0, 0.05) is 31.6 Å². The Morgan fingerprint density at radius 2 is 1.95 bits per heavy atom. The zero-order chi connectivity index (χ0) is 15.9. The first-order valence-corrected chi connectivity index (χ1v) is 7.23. The van der Waals surface area contributed by atoms with E-state index in [1.54, 1.807) is 13.3 Å². The standard InChI is InChI=1S/C16H23N5O/c1-11-6-12(2)8-14(7-11)20-15-4-5-18-16(21-15)19-9-13(17)10-22-3/h4-8,13H,9-10,17H2,1-3H3,(H2,18,19,20,21)/t13-/m1/s1. The lowest BCUT2D eigenvalue weighted by molar-refractivity contribution is 0.183. The van der Waals surface area contributed by atoms with Crippen molar-refractivity contribution in [3.63, 3.8) is 0 Å². The summed E-state index contributed by atoms with van der Waals surface area (Å²) in [5.74, 6) is 1.28. The number of nitrogens with one attached hydrogen (secondary N) is 2. The molecule has 6 nitrogen and oxygen atoms in total. The van der Waals surface area contributed by atoms with Crippen molar-refractivity contribution in [3.05, 3.63) is 41.6 Å². The fourth-order valence-corrected chi connectivity index (χ4v) is 2.20. The van der Waals surface area contributed by atoms with Crippen LogP contribution in [0.4, 0.5) is 17.5 Å². The van der Waals surface area contributed by atoms with Crippen LogP contribution in [0.5, 0.6) is 0 Å². The number of rotatable bonds is 7. The highest BCUT2D eigenvalue weighted by Gasteiger charge is 2.04. The number of aromatic nitrogens is 2. The Balaban J connectivity index is 2.01. The van der Waals surface area contributed by atoms with Gasteiger partial charge in [-0.1, -0.05) is 6.07 Å². The van der Waals surface area contributed by atoms with Gasteiger partial charge >= 0.3 is 0 Å². The van der Waals surface area contributed by atoms with Gasteiger partial charge in [0.15, 0.2) is 0 Å². The molecule has 0 unspecified atom stereocenters. The quantitative estimate of drug-likeness (QED) is 0.727. The van der Waals surface area contributed by atoms with E-state index in [1.807, 2.05) is 6.07 Å². The molecule has 1 aromatic heterocycles. The van der Waals surface area contributed by atoms with Crippen LogP contribution in [0.3, 0.4) is 0 Å². The molecule has 0 saturated heterocycles. The Hall–Kier alpha value is -2.18. The third kappa shape index (κ3) is 4.98. The van der Waals surface area contributed by atoms with Crippen molar-refractivity contribution in [2.45, 2.75) is 19.9 Å². The topological polar surface area (TPSA) is 85.1 Å². The van der Waals surface area contributed by atoms with E-state index in [0.717, 1.165) is 11.5 Å². The van der Waals surface area contributed by atoms with Gasteiger partial charge in [-0.15, -0.1) is 0 Å². The molecule has 0 amide bonds. The van der Waals surface area contributed by atoms with Gasteiger partial charge in [-0.3, -0.25) is 0 Å². The molecule has 0 saturated carbocycles. The average Bonchev–Trinajstić information content (AvgIpc) is 2.45. The van der Waals surface area contributed by atoms with Gasteiger partial charge in [0.25, 0.3) is 0 Å². The third-order valence-electron chi connectivity index (χ3n) is 3.05. The fourth-order valence-electron chi connectivity index (χ4n) is 2.20. The van der Waals surface area contributed by atoms with E-state index in [2.05, 4.69) is 52.6 Å². The molecule has 1 heterocycles. The number of aryl methyl sites for hydroxylation is 2. The molecule has 22 heavy (non-hydrogen) atoms. The van der Waals surface area contributed by atoms with Gasteiger partial charge in [-0.2, -0.15) is 4.98 Å². The number of hydrogen-bond donors (Lipinski definition) is 3. The number of hydrogen-bond acceptors (Lipinski definition) is 6. The normalized spacial score (nSPS) is 12.0. The minimum Gasteiger partial charge on any atom is -0.383 e. The maximum atomic E-state index is 5.87. The van der Waals surface area contributed by atoms with Crippen LogP contribution in [-0.2, 0) is 4.74 Å². The summed E-state index contributed by atoms with van der Waals surface area (Å²) in [6.45, 7) is 5.19. The van der Waals surface area contributed by atoms with Crippen LogP contribution >= 0.6 is 0 Å². The zero-order valence-electron chi connectivity index (χ0n) is 13.3. The maximum absolute atomic E-state index is 5.87. The van der Waals surface area contributed by atoms with E-state index in [-0.39, 0.29) is 6.04 Å². The van der Waals surface area contributed by atoms with Crippen LogP contribution in [0.15, 0.2) is 30.5 Å². The van der Waals surface area contributed by atoms with Crippen molar-refractivity contribution in [3.8, 4) is 0 Å². The largest absolute Gasteiger partial charge is 0.383 e. The molecular formula is C16H23N5O. The van der Waals surface area contributed by atoms with Gasteiger partial charge in [-0.25, -0.2) is 4.98 Å². The first-order valence-electron chi connectivity index (χ1n) is 7.23. The highest BCUT2D eigenvalue weighted by molar-refractivity contribution is 5.58. The van der Waals surface area contributed by atoms with Gasteiger partial charge in [0.05, 0.1) is 6.61 Å². The zero-order valence-corrected chi connectivity index (χ0v) is 13.3. The second-order valence-electron chi connectivity index (χ2n) is 5.36. The molecular weight excluding hydrogens is 278 g/mol. The Labute approximate surface area is 131 Å². The minimum absolute atomic E-state index is 0.0929. The third-order valence-corrected chi connectivity index (χ3v) is 3.05. The molecule has 0 spiro atoms. The second kappa shape index (κ2) is 7.72. The molecule has 2 aromatic rings. The van der Waals surface area contributed by atoms with E-state index < -0.39 is 0 Å². The molecule has 0 radical (unpaired) electrons. The molecule has 1 aromatic carbocycles. The van der Waals surface area contributed by atoms with Crippen molar-refractivity contribution in [2.24, 2.45) is 5.73 Å². The number of ether oxygens (including phenoxy) is 1. The molecule has 4 N–H and O–H groups in total. The second-order valence-corrected chi connectivity index (χ2v) is 5.36. The summed E-state index contributed by atoms with van der Waals surface area (Å²) in [5.41, 5.74) is 9.30.